The zero-order valence-corrected chi connectivity index (χ0v) is 17.6. The third kappa shape index (κ3) is 4.51. The lowest BCUT2D eigenvalue weighted by Crippen LogP contribution is -2.32. The van der Waals surface area contributed by atoms with Crippen molar-refractivity contribution in [3.05, 3.63) is 64.3 Å². The van der Waals surface area contributed by atoms with Crippen molar-refractivity contribution >= 4 is 34.7 Å². The van der Waals surface area contributed by atoms with E-state index in [1.54, 1.807) is 18.2 Å². The molecule has 2 aliphatic heterocycles. The van der Waals surface area contributed by atoms with E-state index in [0.717, 1.165) is 43.3 Å². The van der Waals surface area contributed by atoms with Gasteiger partial charge in [-0.05, 0) is 67.4 Å². The molecule has 2 aliphatic rings. The Morgan fingerprint density at radius 1 is 1.10 bits per heavy atom. The lowest BCUT2D eigenvalue weighted by Gasteiger charge is -2.18. The summed E-state index contributed by atoms with van der Waals surface area (Å²) < 4.78 is 20.1. The number of carbonyl (C=O) groups is 2. The minimum Gasteiger partial charge on any atom is -0.492 e. The molecule has 0 bridgehead atoms. The summed E-state index contributed by atoms with van der Waals surface area (Å²) >= 11 is 0.870. The van der Waals surface area contributed by atoms with Crippen molar-refractivity contribution < 1.29 is 18.7 Å². The molecule has 2 fully saturated rings. The van der Waals surface area contributed by atoms with Gasteiger partial charge in [0, 0.05) is 13.1 Å². The highest BCUT2D eigenvalue weighted by atomic mass is 32.2. The Balaban J connectivity index is 1.39. The molecule has 5 nitrogen and oxygen atoms in total. The zero-order chi connectivity index (χ0) is 21.1. The number of hydrogen-bond donors (Lipinski definition) is 0. The number of amides is 2. The van der Waals surface area contributed by atoms with Gasteiger partial charge in [0.2, 0.25) is 0 Å². The van der Waals surface area contributed by atoms with Gasteiger partial charge in [0.15, 0.2) is 0 Å². The van der Waals surface area contributed by atoms with Crippen LogP contribution < -0.4 is 9.64 Å². The molecular weight excluding hydrogens is 403 g/mol. The van der Waals surface area contributed by atoms with Crippen LogP contribution >= 0.6 is 11.8 Å². The monoisotopic (exact) mass is 426 g/mol. The number of thioether (sulfide) groups is 1. The number of benzene rings is 2. The molecular formula is C23H23FN2O3S. The van der Waals surface area contributed by atoms with Crippen LogP contribution in [0.25, 0.3) is 6.08 Å². The van der Waals surface area contributed by atoms with Gasteiger partial charge in [-0.2, -0.15) is 0 Å². The predicted octanol–water partition coefficient (Wildman–Crippen LogP) is 4.85. The van der Waals surface area contributed by atoms with Gasteiger partial charge in [0.05, 0.1) is 17.1 Å². The average Bonchev–Trinajstić information content (AvgIpc) is 3.34. The Kier molecular flexibility index (Phi) is 6.08. The van der Waals surface area contributed by atoms with Crippen LogP contribution in [0.5, 0.6) is 5.75 Å². The van der Waals surface area contributed by atoms with Gasteiger partial charge < -0.3 is 9.64 Å². The summed E-state index contributed by atoms with van der Waals surface area (Å²) in [6.45, 7) is 4.09. The molecule has 0 aliphatic carbocycles. The topological polar surface area (TPSA) is 49.9 Å². The summed E-state index contributed by atoms with van der Waals surface area (Å²) in [5.41, 5.74) is 2.28. The quantitative estimate of drug-likeness (QED) is 0.618. The van der Waals surface area contributed by atoms with Gasteiger partial charge in [-0.25, -0.2) is 4.39 Å². The number of ether oxygens (including phenoxy) is 1. The fourth-order valence-corrected chi connectivity index (χ4v) is 4.43. The van der Waals surface area contributed by atoms with Crippen molar-refractivity contribution in [2.75, 3.05) is 31.1 Å². The maximum atomic E-state index is 14.5. The van der Waals surface area contributed by atoms with E-state index < -0.39 is 0 Å². The van der Waals surface area contributed by atoms with E-state index in [-0.39, 0.29) is 30.1 Å². The molecule has 7 heteroatoms. The number of aryl methyl sites for hydroxylation is 1. The molecule has 4 rings (SSSR count). The third-order valence-corrected chi connectivity index (χ3v) is 6.10. The van der Waals surface area contributed by atoms with E-state index in [1.807, 2.05) is 36.1 Å². The number of halogens is 1. The van der Waals surface area contributed by atoms with Crippen LogP contribution in [0.4, 0.5) is 14.9 Å². The highest BCUT2D eigenvalue weighted by Crippen LogP contribution is 2.33. The Morgan fingerprint density at radius 3 is 2.53 bits per heavy atom. The smallest absolute Gasteiger partial charge is 0.293 e. The van der Waals surface area contributed by atoms with Gasteiger partial charge in [-0.15, -0.1) is 0 Å². The number of nitrogens with zero attached hydrogens (tertiary/aromatic N) is 2. The predicted molar refractivity (Wildman–Crippen MR) is 117 cm³/mol. The van der Waals surface area contributed by atoms with E-state index in [9.17, 15) is 14.0 Å². The maximum Gasteiger partial charge on any atom is 0.293 e. The first-order valence-electron chi connectivity index (χ1n) is 10.0. The van der Waals surface area contributed by atoms with Crippen LogP contribution in [-0.4, -0.2) is 42.3 Å². The largest absolute Gasteiger partial charge is 0.492 e. The highest BCUT2D eigenvalue weighted by Gasteiger charge is 2.34. The highest BCUT2D eigenvalue weighted by molar-refractivity contribution is 8.18. The summed E-state index contributed by atoms with van der Waals surface area (Å²) in [6, 6.07) is 12.5. The lowest BCUT2D eigenvalue weighted by atomic mass is 10.1. The fourth-order valence-electron chi connectivity index (χ4n) is 3.56. The Hall–Kier alpha value is -2.80. The van der Waals surface area contributed by atoms with Crippen molar-refractivity contribution in [1.82, 2.24) is 4.90 Å². The second kappa shape index (κ2) is 8.92. The van der Waals surface area contributed by atoms with Crippen LogP contribution in [0, 0.1) is 12.7 Å². The molecule has 0 N–H and O–H groups in total. The summed E-state index contributed by atoms with van der Waals surface area (Å²) in [4.78, 5) is 28.4. The molecule has 2 aromatic rings. The van der Waals surface area contributed by atoms with E-state index in [0.29, 0.717) is 21.9 Å². The minimum absolute atomic E-state index is 0.165. The summed E-state index contributed by atoms with van der Waals surface area (Å²) in [7, 11) is 0. The number of imide groups is 1. The molecule has 0 saturated carbocycles. The summed E-state index contributed by atoms with van der Waals surface area (Å²) in [5.74, 6) is 0.00888. The van der Waals surface area contributed by atoms with Crippen LogP contribution in [-0.2, 0) is 4.79 Å². The normalized spacial score (nSPS) is 18.0. The molecule has 0 spiro atoms. The molecule has 2 heterocycles. The molecule has 156 valence electrons. The molecule has 0 radical (unpaired) electrons. The summed E-state index contributed by atoms with van der Waals surface area (Å²) in [5, 5.41) is -0.340. The first kappa shape index (κ1) is 20.5. The Morgan fingerprint density at radius 2 is 1.83 bits per heavy atom. The van der Waals surface area contributed by atoms with E-state index in [2.05, 4.69) is 0 Å². The molecule has 2 saturated heterocycles. The van der Waals surface area contributed by atoms with Crippen molar-refractivity contribution in [2.24, 2.45) is 0 Å². The minimum atomic E-state index is -0.374. The maximum absolute atomic E-state index is 14.5. The first-order valence-corrected chi connectivity index (χ1v) is 10.8. The average molecular weight is 427 g/mol. The van der Waals surface area contributed by atoms with Gasteiger partial charge in [0.1, 0.15) is 18.2 Å². The number of rotatable bonds is 6. The molecule has 0 aromatic heterocycles. The molecule has 0 atom stereocenters. The molecule has 30 heavy (non-hydrogen) atoms. The van der Waals surface area contributed by atoms with Gasteiger partial charge in [-0.3, -0.25) is 14.5 Å². The molecule has 2 aromatic carbocycles. The van der Waals surface area contributed by atoms with Crippen LogP contribution in [0.15, 0.2) is 47.4 Å². The SMILES string of the molecule is Cc1ccc(OCCN2C(=O)S/C(=C\c3ccc(N4CCCC4)c(F)c3)C2=O)cc1. The van der Waals surface area contributed by atoms with Crippen molar-refractivity contribution in [1.29, 1.82) is 0 Å². The van der Waals surface area contributed by atoms with Crippen LogP contribution in [0.2, 0.25) is 0 Å². The Labute approximate surface area is 179 Å². The zero-order valence-electron chi connectivity index (χ0n) is 16.8. The van der Waals surface area contributed by atoms with Crippen LogP contribution in [0.3, 0.4) is 0 Å². The third-order valence-electron chi connectivity index (χ3n) is 5.19. The van der Waals surface area contributed by atoms with E-state index in [4.69, 9.17) is 4.74 Å². The molecule has 0 unspecified atom stereocenters. The lowest BCUT2D eigenvalue weighted by molar-refractivity contribution is -0.123. The number of hydrogen-bond acceptors (Lipinski definition) is 5. The van der Waals surface area contributed by atoms with Gasteiger partial charge in [-0.1, -0.05) is 23.8 Å². The van der Waals surface area contributed by atoms with Gasteiger partial charge >= 0.3 is 0 Å². The van der Waals surface area contributed by atoms with E-state index in [1.165, 1.54) is 11.0 Å². The summed E-state index contributed by atoms with van der Waals surface area (Å²) in [6.07, 6.45) is 3.71. The fraction of sp³-hybridized carbons (Fsp3) is 0.304. The standard InChI is InChI=1S/C23H23FN2O3S/c1-16-4-7-18(8-5-16)29-13-12-26-22(27)21(30-23(26)28)15-17-6-9-20(19(24)14-17)25-10-2-3-11-25/h4-9,14-15H,2-3,10-13H2,1H3/b21-15-. The number of carbonyl (C=O) groups excluding carboxylic acids is 2. The molecule has 2 amide bonds. The first-order chi connectivity index (χ1) is 14.5. The van der Waals surface area contributed by atoms with Gasteiger partial charge in [0.25, 0.3) is 11.1 Å². The van der Waals surface area contributed by atoms with E-state index >= 15 is 0 Å². The second-order valence-electron chi connectivity index (χ2n) is 7.40. The Bertz CT molecular complexity index is 984. The van der Waals surface area contributed by atoms with Crippen LogP contribution in [0.1, 0.15) is 24.0 Å². The van der Waals surface area contributed by atoms with Crippen molar-refractivity contribution in [3.8, 4) is 5.75 Å². The number of anilines is 1. The van der Waals surface area contributed by atoms with Crippen molar-refractivity contribution in [3.63, 3.8) is 0 Å². The second-order valence-corrected chi connectivity index (χ2v) is 8.39. The van der Waals surface area contributed by atoms with Crippen molar-refractivity contribution in [2.45, 2.75) is 19.8 Å².